The van der Waals surface area contributed by atoms with Crippen LogP contribution >= 0.6 is 0 Å². The van der Waals surface area contributed by atoms with E-state index >= 15 is 0 Å². The first-order valence-corrected chi connectivity index (χ1v) is 9.65. The number of carbonyl (C=O) groups is 5. The minimum atomic E-state index is -1.61. The number of rotatable bonds is 11. The van der Waals surface area contributed by atoms with Crippen molar-refractivity contribution in [2.24, 2.45) is 5.92 Å². The third kappa shape index (κ3) is 7.68. The predicted octanol–water partition coefficient (Wildman–Crippen LogP) is -1.18. The van der Waals surface area contributed by atoms with Gasteiger partial charge >= 0.3 is 11.9 Å². The lowest BCUT2D eigenvalue weighted by Gasteiger charge is -2.26. The second-order valence-corrected chi connectivity index (χ2v) is 7.25. The fourth-order valence-electron chi connectivity index (χ4n) is 2.90. The first-order valence-electron chi connectivity index (χ1n) is 9.65. The van der Waals surface area contributed by atoms with Crippen LogP contribution in [-0.2, 0) is 24.0 Å². The van der Waals surface area contributed by atoms with Gasteiger partial charge in [0.25, 0.3) is 0 Å². The van der Waals surface area contributed by atoms with Gasteiger partial charge in [-0.05, 0) is 32.2 Å². The summed E-state index contributed by atoms with van der Waals surface area (Å²) in [6, 6.07) is -3.95. The van der Waals surface area contributed by atoms with E-state index in [1.807, 2.05) is 6.92 Å². The second kappa shape index (κ2) is 11.3. The highest BCUT2D eigenvalue weighted by Crippen LogP contribution is 2.11. The minimum absolute atomic E-state index is 0.200. The smallest absolute Gasteiger partial charge is 0.326 e. The molecule has 1 saturated heterocycles. The number of hydrogen-bond donors (Lipinski definition) is 6. The van der Waals surface area contributed by atoms with E-state index < -0.39 is 48.3 Å². The van der Waals surface area contributed by atoms with Crippen LogP contribution in [0.4, 0.5) is 0 Å². The minimum Gasteiger partial charge on any atom is -0.481 e. The molecule has 1 rings (SSSR count). The molecule has 1 fully saturated rings. The molecule has 0 spiro atoms. The number of aliphatic carboxylic acids is 2. The summed E-state index contributed by atoms with van der Waals surface area (Å²) in [7, 11) is 0. The quantitative estimate of drug-likeness (QED) is 0.245. The average Bonchev–Trinajstić information content (AvgIpc) is 3.18. The number of amides is 3. The van der Waals surface area contributed by atoms with Crippen LogP contribution in [0.2, 0.25) is 0 Å². The zero-order valence-electron chi connectivity index (χ0n) is 16.9. The molecule has 0 radical (unpaired) electrons. The zero-order chi connectivity index (χ0) is 22.1. The maximum absolute atomic E-state index is 12.7. The first-order chi connectivity index (χ1) is 13.6. The Kier molecular flexibility index (Phi) is 9.53. The van der Waals surface area contributed by atoms with Gasteiger partial charge in [0.1, 0.15) is 18.1 Å². The molecule has 5 unspecified atom stereocenters. The van der Waals surface area contributed by atoms with E-state index in [4.69, 9.17) is 10.2 Å². The molecule has 0 aliphatic carbocycles. The number of carboxylic acids is 2. The molecule has 1 aliphatic rings. The van der Waals surface area contributed by atoms with Gasteiger partial charge in [0.2, 0.25) is 17.7 Å². The van der Waals surface area contributed by atoms with Crippen LogP contribution in [0.3, 0.4) is 0 Å². The van der Waals surface area contributed by atoms with Crippen LogP contribution < -0.4 is 21.3 Å². The lowest BCUT2D eigenvalue weighted by molar-refractivity contribution is -0.147. The summed E-state index contributed by atoms with van der Waals surface area (Å²) in [5.74, 6) is -4.76. The third-order valence-corrected chi connectivity index (χ3v) is 4.92. The maximum Gasteiger partial charge on any atom is 0.326 e. The van der Waals surface area contributed by atoms with Gasteiger partial charge in [0.15, 0.2) is 0 Å². The molecule has 3 amide bonds. The maximum atomic E-state index is 12.7. The first kappa shape index (κ1) is 24.3. The number of hydrogen-bond acceptors (Lipinski definition) is 6. The Labute approximate surface area is 169 Å². The third-order valence-electron chi connectivity index (χ3n) is 4.92. The normalized spacial score (nSPS) is 20.0. The molecule has 164 valence electrons. The Hall–Kier alpha value is -2.69. The molecule has 1 heterocycles. The van der Waals surface area contributed by atoms with E-state index in [1.165, 1.54) is 6.92 Å². The molecule has 11 heteroatoms. The monoisotopic (exact) mass is 414 g/mol. The molecule has 0 aromatic rings. The molecule has 0 aromatic heterocycles. The van der Waals surface area contributed by atoms with E-state index in [0.29, 0.717) is 12.8 Å². The highest BCUT2D eigenvalue weighted by Gasteiger charge is 2.32. The van der Waals surface area contributed by atoms with Gasteiger partial charge in [-0.25, -0.2) is 4.79 Å². The molecule has 0 saturated carbocycles. The molecule has 1 aliphatic heterocycles. The van der Waals surface area contributed by atoms with Crippen LogP contribution in [0.15, 0.2) is 0 Å². The summed E-state index contributed by atoms with van der Waals surface area (Å²) in [6.45, 7) is 5.74. The summed E-state index contributed by atoms with van der Waals surface area (Å²) >= 11 is 0. The van der Waals surface area contributed by atoms with Crippen LogP contribution in [0.5, 0.6) is 0 Å². The number of carboxylic acid groups (broad SMARTS) is 2. The SMILES string of the molecule is CCC(C)C(NC(=O)C1CCCN1)C(=O)NC(C)C(=O)NC(CC(=O)O)C(=O)O. The van der Waals surface area contributed by atoms with E-state index in [9.17, 15) is 24.0 Å². The van der Waals surface area contributed by atoms with Crippen molar-refractivity contribution in [2.75, 3.05) is 6.54 Å². The van der Waals surface area contributed by atoms with Crippen LogP contribution in [-0.4, -0.2) is 70.6 Å². The van der Waals surface area contributed by atoms with E-state index in [1.54, 1.807) is 6.92 Å². The van der Waals surface area contributed by atoms with Crippen molar-refractivity contribution >= 4 is 29.7 Å². The summed E-state index contributed by atoms with van der Waals surface area (Å²) < 4.78 is 0. The fourth-order valence-corrected chi connectivity index (χ4v) is 2.90. The Balaban J connectivity index is 2.73. The average molecular weight is 414 g/mol. The summed E-state index contributed by atoms with van der Waals surface area (Å²) in [5, 5.41) is 28.1. The Morgan fingerprint density at radius 3 is 2.17 bits per heavy atom. The predicted molar refractivity (Wildman–Crippen MR) is 102 cm³/mol. The van der Waals surface area contributed by atoms with Crippen molar-refractivity contribution < 1.29 is 34.2 Å². The van der Waals surface area contributed by atoms with Gasteiger partial charge in [-0.15, -0.1) is 0 Å². The second-order valence-electron chi connectivity index (χ2n) is 7.25. The van der Waals surface area contributed by atoms with Gasteiger partial charge in [-0.2, -0.15) is 0 Å². The van der Waals surface area contributed by atoms with Gasteiger partial charge in [0, 0.05) is 0 Å². The van der Waals surface area contributed by atoms with Gasteiger partial charge in [0.05, 0.1) is 12.5 Å². The van der Waals surface area contributed by atoms with Crippen molar-refractivity contribution in [2.45, 2.75) is 70.6 Å². The largest absolute Gasteiger partial charge is 0.481 e. The zero-order valence-corrected chi connectivity index (χ0v) is 16.9. The van der Waals surface area contributed by atoms with E-state index in [-0.39, 0.29) is 17.9 Å². The van der Waals surface area contributed by atoms with Crippen molar-refractivity contribution in [3.8, 4) is 0 Å². The van der Waals surface area contributed by atoms with Gasteiger partial charge < -0.3 is 31.5 Å². The standard InChI is InChI=1S/C18H30N4O7/c1-4-9(2)14(22-16(26)11-6-5-7-19-11)17(27)20-10(3)15(25)21-12(18(28)29)8-13(23)24/h9-12,14,19H,4-8H2,1-3H3,(H,20,27)(H,21,25)(H,22,26)(H,23,24)(H,28,29). The molecule has 11 nitrogen and oxygen atoms in total. The summed E-state index contributed by atoms with van der Waals surface area (Å²) in [5.41, 5.74) is 0. The van der Waals surface area contributed by atoms with Crippen molar-refractivity contribution in [1.29, 1.82) is 0 Å². The lowest BCUT2D eigenvalue weighted by atomic mass is 9.97. The number of nitrogens with one attached hydrogen (secondary N) is 4. The van der Waals surface area contributed by atoms with Crippen molar-refractivity contribution in [3.05, 3.63) is 0 Å². The van der Waals surface area contributed by atoms with Crippen LogP contribution in [0.1, 0.15) is 46.5 Å². The molecule has 0 aromatic carbocycles. The van der Waals surface area contributed by atoms with Crippen molar-refractivity contribution in [1.82, 2.24) is 21.3 Å². The molecular formula is C18H30N4O7. The number of carbonyl (C=O) groups excluding carboxylic acids is 3. The summed E-state index contributed by atoms with van der Waals surface area (Å²) in [4.78, 5) is 59.0. The molecule has 5 atom stereocenters. The Morgan fingerprint density at radius 2 is 1.69 bits per heavy atom. The molecule has 0 bridgehead atoms. The van der Waals surface area contributed by atoms with Crippen LogP contribution in [0, 0.1) is 5.92 Å². The van der Waals surface area contributed by atoms with Crippen LogP contribution in [0.25, 0.3) is 0 Å². The Bertz CT molecular complexity index is 634. The molecular weight excluding hydrogens is 384 g/mol. The molecule has 29 heavy (non-hydrogen) atoms. The Morgan fingerprint density at radius 1 is 1.03 bits per heavy atom. The highest BCUT2D eigenvalue weighted by molar-refractivity contribution is 5.94. The van der Waals surface area contributed by atoms with E-state index in [2.05, 4.69) is 21.3 Å². The van der Waals surface area contributed by atoms with Gasteiger partial charge in [-0.1, -0.05) is 20.3 Å². The topological polar surface area (TPSA) is 174 Å². The fraction of sp³-hybridized carbons (Fsp3) is 0.722. The van der Waals surface area contributed by atoms with Crippen molar-refractivity contribution in [3.63, 3.8) is 0 Å². The lowest BCUT2D eigenvalue weighted by Crippen LogP contribution is -2.58. The molecule has 6 N–H and O–H groups in total. The van der Waals surface area contributed by atoms with Gasteiger partial charge in [-0.3, -0.25) is 19.2 Å². The summed E-state index contributed by atoms with van der Waals surface area (Å²) in [6.07, 6.45) is 1.37. The highest BCUT2D eigenvalue weighted by atomic mass is 16.4. The van der Waals surface area contributed by atoms with E-state index in [0.717, 1.165) is 13.0 Å².